The molecule has 0 spiro atoms. The van der Waals surface area contributed by atoms with Crippen LogP contribution in [0.1, 0.15) is 40.7 Å². The van der Waals surface area contributed by atoms with E-state index in [9.17, 15) is 0 Å². The summed E-state index contributed by atoms with van der Waals surface area (Å²) in [5.41, 5.74) is 2.10. The maximum Gasteiger partial charge on any atom is 0.165 e. The molecule has 0 unspecified atom stereocenters. The second-order valence-electron chi connectivity index (χ2n) is 8.14. The highest BCUT2D eigenvalue weighted by molar-refractivity contribution is 6.33. The summed E-state index contributed by atoms with van der Waals surface area (Å²) in [4.78, 5) is 12.7. The molecular weight excluding hydrogens is 356 g/mol. The van der Waals surface area contributed by atoms with E-state index in [4.69, 9.17) is 25.8 Å². The standard InChI is InChI=1S/C18H23ClN4O3/c1-17(2,3)24-7-10-6-11(14-13(10)25-18(4,5)26-14)23-9-22-12-15(19)20-8-21-16(12)23/h6,8-9,11,13-14H,7H2,1-5H3/t11-,13-,14+/m1/s1. The molecule has 8 heteroatoms. The van der Waals surface area contributed by atoms with Crippen LogP contribution in [0.5, 0.6) is 0 Å². The van der Waals surface area contributed by atoms with Crippen LogP contribution >= 0.6 is 11.6 Å². The van der Waals surface area contributed by atoms with Crippen molar-refractivity contribution in [1.29, 1.82) is 0 Å². The lowest BCUT2D eigenvalue weighted by atomic mass is 10.1. The van der Waals surface area contributed by atoms with Crippen molar-refractivity contribution in [2.24, 2.45) is 0 Å². The minimum atomic E-state index is -0.655. The van der Waals surface area contributed by atoms with Gasteiger partial charge in [0.25, 0.3) is 0 Å². The zero-order valence-electron chi connectivity index (χ0n) is 15.6. The number of halogens is 1. The van der Waals surface area contributed by atoms with Crippen LogP contribution < -0.4 is 0 Å². The summed E-state index contributed by atoms with van der Waals surface area (Å²) in [5, 5.41) is 0.340. The lowest BCUT2D eigenvalue weighted by molar-refractivity contribution is -0.148. The summed E-state index contributed by atoms with van der Waals surface area (Å²) in [7, 11) is 0. The first-order valence-corrected chi connectivity index (χ1v) is 9.06. The molecule has 0 saturated carbocycles. The van der Waals surface area contributed by atoms with Crippen LogP contribution in [0.3, 0.4) is 0 Å². The van der Waals surface area contributed by atoms with Gasteiger partial charge in [-0.3, -0.25) is 0 Å². The van der Waals surface area contributed by atoms with E-state index in [-0.39, 0.29) is 23.9 Å². The predicted molar refractivity (Wildman–Crippen MR) is 97.0 cm³/mol. The van der Waals surface area contributed by atoms with Crippen LogP contribution in [-0.2, 0) is 14.2 Å². The zero-order chi connectivity index (χ0) is 18.7. The highest BCUT2D eigenvalue weighted by Crippen LogP contribution is 2.44. The van der Waals surface area contributed by atoms with Crippen molar-refractivity contribution in [2.75, 3.05) is 6.61 Å². The van der Waals surface area contributed by atoms with Crippen molar-refractivity contribution in [3.8, 4) is 0 Å². The number of hydrogen-bond donors (Lipinski definition) is 0. The normalized spacial score (nSPS) is 27.8. The molecule has 7 nitrogen and oxygen atoms in total. The average Bonchev–Trinajstić information content (AvgIpc) is 3.16. The van der Waals surface area contributed by atoms with Gasteiger partial charge < -0.3 is 18.8 Å². The van der Waals surface area contributed by atoms with Crippen molar-refractivity contribution in [3.63, 3.8) is 0 Å². The molecule has 140 valence electrons. The number of rotatable bonds is 3. The molecule has 26 heavy (non-hydrogen) atoms. The third kappa shape index (κ3) is 3.13. The van der Waals surface area contributed by atoms with Crippen molar-refractivity contribution in [2.45, 2.75) is 64.3 Å². The highest BCUT2D eigenvalue weighted by atomic mass is 35.5. The fourth-order valence-corrected chi connectivity index (χ4v) is 3.62. The van der Waals surface area contributed by atoms with Gasteiger partial charge in [0.05, 0.1) is 24.6 Å². The minimum Gasteiger partial charge on any atom is -0.371 e. The third-order valence-corrected chi connectivity index (χ3v) is 4.80. The summed E-state index contributed by atoms with van der Waals surface area (Å²) in [6.45, 7) is 10.5. The monoisotopic (exact) mass is 378 g/mol. The Morgan fingerprint density at radius 3 is 2.73 bits per heavy atom. The van der Waals surface area contributed by atoms with Gasteiger partial charge in [-0.15, -0.1) is 0 Å². The fraction of sp³-hybridized carbons (Fsp3) is 0.611. The van der Waals surface area contributed by atoms with Gasteiger partial charge in [0.1, 0.15) is 24.1 Å². The molecule has 1 aliphatic heterocycles. The SMILES string of the molecule is CC(C)(C)OCC1=C[C@@H](n2cnc3c(Cl)ncnc32)[C@@H]2OC(C)(C)O[C@H]12. The minimum absolute atomic E-state index is 0.101. The molecule has 0 radical (unpaired) electrons. The summed E-state index contributed by atoms with van der Waals surface area (Å²) in [5.74, 6) is -0.655. The largest absolute Gasteiger partial charge is 0.371 e. The molecular formula is C18H23ClN4O3. The Morgan fingerprint density at radius 2 is 2.00 bits per heavy atom. The van der Waals surface area contributed by atoms with Gasteiger partial charge in [-0.1, -0.05) is 17.7 Å². The highest BCUT2D eigenvalue weighted by Gasteiger charge is 2.51. The van der Waals surface area contributed by atoms with E-state index < -0.39 is 5.79 Å². The smallest absolute Gasteiger partial charge is 0.165 e. The number of hydrogen-bond acceptors (Lipinski definition) is 6. The van der Waals surface area contributed by atoms with Crippen LogP contribution in [-0.4, -0.2) is 49.7 Å². The van der Waals surface area contributed by atoms with Crippen LogP contribution in [0.25, 0.3) is 11.2 Å². The molecule has 3 atom stereocenters. The van der Waals surface area contributed by atoms with E-state index in [1.807, 2.05) is 39.2 Å². The van der Waals surface area contributed by atoms with Crippen LogP contribution in [0.4, 0.5) is 0 Å². The molecule has 0 bridgehead atoms. The first kappa shape index (κ1) is 17.9. The van der Waals surface area contributed by atoms with E-state index >= 15 is 0 Å². The molecule has 0 aromatic carbocycles. The molecule has 4 rings (SSSR count). The Labute approximate surface area is 157 Å². The van der Waals surface area contributed by atoms with E-state index in [1.165, 1.54) is 6.33 Å². The maximum atomic E-state index is 6.20. The molecule has 2 aromatic heterocycles. The van der Waals surface area contributed by atoms with E-state index in [1.54, 1.807) is 6.33 Å². The van der Waals surface area contributed by atoms with Crippen LogP contribution in [0.15, 0.2) is 24.3 Å². The van der Waals surface area contributed by atoms with E-state index in [2.05, 4.69) is 21.0 Å². The fourth-order valence-electron chi connectivity index (χ4n) is 3.44. The summed E-state index contributed by atoms with van der Waals surface area (Å²) in [6, 6.07) is -0.101. The molecule has 2 aliphatic rings. The second kappa shape index (κ2) is 5.99. The number of ether oxygens (including phenoxy) is 3. The quantitative estimate of drug-likeness (QED) is 0.602. The van der Waals surface area contributed by atoms with Crippen molar-refractivity contribution in [3.05, 3.63) is 29.5 Å². The average molecular weight is 379 g/mol. The maximum absolute atomic E-state index is 6.20. The van der Waals surface area contributed by atoms with Crippen LogP contribution in [0, 0.1) is 0 Å². The molecule has 3 heterocycles. The zero-order valence-corrected chi connectivity index (χ0v) is 16.3. The Morgan fingerprint density at radius 1 is 1.23 bits per heavy atom. The topological polar surface area (TPSA) is 71.3 Å². The predicted octanol–water partition coefficient (Wildman–Crippen LogP) is 3.30. The molecule has 1 aliphatic carbocycles. The van der Waals surface area contributed by atoms with E-state index in [0.29, 0.717) is 22.9 Å². The van der Waals surface area contributed by atoms with Crippen molar-refractivity contribution >= 4 is 22.8 Å². The number of nitrogens with zero attached hydrogens (tertiary/aromatic N) is 4. The third-order valence-electron chi connectivity index (χ3n) is 4.52. The lowest BCUT2D eigenvalue weighted by Gasteiger charge is -2.23. The molecule has 0 amide bonds. The van der Waals surface area contributed by atoms with Crippen molar-refractivity contribution in [1.82, 2.24) is 19.5 Å². The van der Waals surface area contributed by atoms with E-state index in [0.717, 1.165) is 5.57 Å². The Balaban J connectivity index is 1.72. The van der Waals surface area contributed by atoms with Crippen LogP contribution in [0.2, 0.25) is 5.15 Å². The van der Waals surface area contributed by atoms with Gasteiger partial charge in [-0.2, -0.15) is 0 Å². The Kier molecular flexibility index (Phi) is 4.11. The van der Waals surface area contributed by atoms with Crippen molar-refractivity contribution < 1.29 is 14.2 Å². The summed E-state index contributed by atoms with van der Waals surface area (Å²) >= 11 is 6.14. The number of imidazole rings is 1. The number of fused-ring (bicyclic) bond motifs is 2. The summed E-state index contributed by atoms with van der Waals surface area (Å²) in [6.07, 6.45) is 4.97. The first-order valence-electron chi connectivity index (χ1n) is 8.68. The lowest BCUT2D eigenvalue weighted by Crippen LogP contribution is -2.29. The molecule has 0 N–H and O–H groups in total. The first-order chi connectivity index (χ1) is 12.1. The molecule has 2 aromatic rings. The van der Waals surface area contributed by atoms with Gasteiger partial charge >= 0.3 is 0 Å². The van der Waals surface area contributed by atoms with Gasteiger partial charge in [0.2, 0.25) is 0 Å². The molecule has 1 fully saturated rings. The Bertz CT molecular complexity index is 871. The van der Waals surface area contributed by atoms with Gasteiger partial charge in [-0.25, -0.2) is 15.0 Å². The molecule has 1 saturated heterocycles. The van der Waals surface area contributed by atoms with Gasteiger partial charge in [-0.05, 0) is 40.2 Å². The number of aromatic nitrogens is 4. The van der Waals surface area contributed by atoms with Gasteiger partial charge in [0, 0.05) is 0 Å². The Hall–Kier alpha value is -1.54. The summed E-state index contributed by atoms with van der Waals surface area (Å²) < 4.78 is 20.3. The van der Waals surface area contributed by atoms with Gasteiger partial charge in [0.15, 0.2) is 16.6 Å². The second-order valence-corrected chi connectivity index (χ2v) is 8.50.